The smallest absolute Gasteiger partial charge is 0.0581 e. The van der Waals surface area contributed by atoms with Crippen molar-refractivity contribution in [2.45, 2.75) is 106 Å². The highest BCUT2D eigenvalue weighted by Gasteiger charge is 2.64. The van der Waals surface area contributed by atoms with E-state index in [1.807, 2.05) is 0 Å². The zero-order valence-electron chi connectivity index (χ0n) is 20.9. The van der Waals surface area contributed by atoms with E-state index < -0.39 is 0 Å². The van der Waals surface area contributed by atoms with E-state index >= 15 is 0 Å². The second-order valence-corrected chi connectivity index (χ2v) is 13.2. The Hall–Kier alpha value is -0.560. The normalized spacial score (nSPS) is 48.5. The first-order valence-electron chi connectivity index (χ1n) is 13.0. The lowest BCUT2D eigenvalue weighted by Crippen LogP contribution is -2.60. The lowest BCUT2D eigenvalue weighted by Gasteiger charge is -2.65. The molecular formula is C29H48O. The number of allylic oxidation sites excluding steroid dienone is 4. The van der Waals surface area contributed by atoms with Crippen molar-refractivity contribution in [3.8, 4) is 0 Å². The van der Waals surface area contributed by atoms with Gasteiger partial charge in [-0.1, -0.05) is 64.8 Å². The summed E-state index contributed by atoms with van der Waals surface area (Å²) in [5.74, 6) is 4.34. The molecule has 4 aliphatic carbocycles. The Kier molecular flexibility index (Phi) is 5.87. The quantitative estimate of drug-likeness (QED) is 0.469. The van der Waals surface area contributed by atoms with E-state index in [-0.39, 0.29) is 6.10 Å². The first kappa shape index (κ1) is 22.6. The lowest BCUT2D eigenvalue weighted by atomic mass is 9.40. The second kappa shape index (κ2) is 7.79. The van der Waals surface area contributed by atoms with E-state index in [2.05, 4.69) is 66.7 Å². The number of aliphatic hydroxyl groups is 1. The highest BCUT2D eigenvalue weighted by molar-refractivity contribution is 5.15. The van der Waals surface area contributed by atoms with E-state index in [4.69, 9.17) is 0 Å². The van der Waals surface area contributed by atoms with Crippen molar-refractivity contribution in [3.63, 3.8) is 0 Å². The van der Waals surface area contributed by atoms with Crippen molar-refractivity contribution in [2.75, 3.05) is 0 Å². The first-order chi connectivity index (χ1) is 14.0. The molecule has 0 aromatic carbocycles. The number of fused-ring (bicyclic) bond motifs is 5. The minimum atomic E-state index is -0.0945. The van der Waals surface area contributed by atoms with Crippen LogP contribution in [-0.2, 0) is 0 Å². The number of hydrogen-bond acceptors (Lipinski definition) is 1. The van der Waals surface area contributed by atoms with Crippen LogP contribution in [-0.4, -0.2) is 11.2 Å². The predicted molar refractivity (Wildman–Crippen MR) is 128 cm³/mol. The maximum atomic E-state index is 11.5. The van der Waals surface area contributed by atoms with Gasteiger partial charge in [-0.2, -0.15) is 0 Å². The van der Waals surface area contributed by atoms with Crippen molar-refractivity contribution < 1.29 is 5.11 Å². The SMILES string of the molecule is CC(C)=C/C=C/C(C)C1CCC2C3CC(O)C4C(C)(C)CCCC4(C)C3CCC12C. The molecule has 0 amide bonds. The van der Waals surface area contributed by atoms with Gasteiger partial charge in [-0.3, -0.25) is 0 Å². The summed E-state index contributed by atoms with van der Waals surface area (Å²) >= 11 is 0. The summed E-state index contributed by atoms with van der Waals surface area (Å²) in [4.78, 5) is 0. The van der Waals surface area contributed by atoms with Gasteiger partial charge in [-0.05, 0) is 111 Å². The van der Waals surface area contributed by atoms with Crippen LogP contribution < -0.4 is 0 Å². The van der Waals surface area contributed by atoms with Crippen molar-refractivity contribution >= 4 is 0 Å². The van der Waals surface area contributed by atoms with Gasteiger partial charge in [0, 0.05) is 0 Å². The lowest BCUT2D eigenvalue weighted by molar-refractivity contribution is -0.193. The summed E-state index contributed by atoms with van der Waals surface area (Å²) in [5, 5.41) is 11.5. The van der Waals surface area contributed by atoms with E-state index in [0.717, 1.165) is 30.1 Å². The molecule has 9 atom stereocenters. The van der Waals surface area contributed by atoms with E-state index in [1.165, 1.54) is 50.5 Å². The van der Waals surface area contributed by atoms with Crippen LogP contribution in [0.5, 0.6) is 0 Å². The largest absolute Gasteiger partial charge is 0.393 e. The molecule has 1 nitrogen and oxygen atoms in total. The van der Waals surface area contributed by atoms with Crippen molar-refractivity contribution in [2.24, 2.45) is 51.8 Å². The zero-order valence-corrected chi connectivity index (χ0v) is 20.9. The third-order valence-corrected chi connectivity index (χ3v) is 10.8. The van der Waals surface area contributed by atoms with Gasteiger partial charge >= 0.3 is 0 Å². The molecule has 4 saturated carbocycles. The molecule has 0 heterocycles. The van der Waals surface area contributed by atoms with Crippen LogP contribution in [0.2, 0.25) is 0 Å². The molecule has 0 aromatic rings. The minimum absolute atomic E-state index is 0.0945. The average Bonchev–Trinajstić information content (AvgIpc) is 2.97. The van der Waals surface area contributed by atoms with Crippen LogP contribution in [0.1, 0.15) is 99.8 Å². The number of aliphatic hydroxyl groups excluding tert-OH is 1. The number of rotatable bonds is 3. The third kappa shape index (κ3) is 3.46. The van der Waals surface area contributed by atoms with Crippen LogP contribution in [0.25, 0.3) is 0 Å². The monoisotopic (exact) mass is 412 g/mol. The standard InChI is InChI=1S/C29H48O/c1-19(2)10-8-11-20(3)22-12-13-23-21-18-25(30)26-27(4,5)15-9-16-29(26,7)24(21)14-17-28(22,23)6/h8,10-11,20-26,30H,9,12-18H2,1-7H3/b11-8+. The Morgan fingerprint density at radius 2 is 1.63 bits per heavy atom. The Balaban J connectivity index is 1.59. The van der Waals surface area contributed by atoms with Gasteiger partial charge in [0.25, 0.3) is 0 Å². The topological polar surface area (TPSA) is 20.2 Å². The van der Waals surface area contributed by atoms with Gasteiger partial charge in [-0.25, -0.2) is 0 Å². The van der Waals surface area contributed by atoms with Crippen LogP contribution in [0, 0.1) is 51.8 Å². The fourth-order valence-electron chi connectivity index (χ4n) is 9.82. The molecule has 0 radical (unpaired) electrons. The fourth-order valence-corrected chi connectivity index (χ4v) is 9.82. The molecule has 0 aromatic heterocycles. The van der Waals surface area contributed by atoms with E-state index in [9.17, 15) is 5.11 Å². The Bertz CT molecular complexity index is 697. The summed E-state index contributed by atoms with van der Waals surface area (Å²) < 4.78 is 0. The Morgan fingerprint density at radius 1 is 0.933 bits per heavy atom. The van der Waals surface area contributed by atoms with Gasteiger partial charge in [0.15, 0.2) is 0 Å². The third-order valence-electron chi connectivity index (χ3n) is 10.8. The molecule has 4 rings (SSSR count). The molecule has 0 bridgehead atoms. The molecule has 1 N–H and O–H groups in total. The second-order valence-electron chi connectivity index (χ2n) is 13.2. The summed E-state index contributed by atoms with van der Waals surface area (Å²) in [6.07, 6.45) is 17.6. The van der Waals surface area contributed by atoms with Crippen LogP contribution >= 0.6 is 0 Å². The summed E-state index contributed by atoms with van der Waals surface area (Å²) in [6.45, 7) is 16.9. The van der Waals surface area contributed by atoms with Gasteiger partial charge in [0.1, 0.15) is 0 Å². The zero-order chi connectivity index (χ0) is 21.9. The van der Waals surface area contributed by atoms with Gasteiger partial charge in [-0.15, -0.1) is 0 Å². The summed E-state index contributed by atoms with van der Waals surface area (Å²) in [6, 6.07) is 0. The molecule has 1 heteroatoms. The molecule has 30 heavy (non-hydrogen) atoms. The van der Waals surface area contributed by atoms with Crippen LogP contribution in [0.4, 0.5) is 0 Å². The molecular weight excluding hydrogens is 364 g/mol. The maximum absolute atomic E-state index is 11.5. The average molecular weight is 413 g/mol. The number of hydrogen-bond donors (Lipinski definition) is 1. The molecule has 0 spiro atoms. The van der Waals surface area contributed by atoms with Gasteiger partial charge in [0.2, 0.25) is 0 Å². The Labute approximate surface area is 186 Å². The van der Waals surface area contributed by atoms with Gasteiger partial charge < -0.3 is 5.11 Å². The molecule has 0 saturated heterocycles. The maximum Gasteiger partial charge on any atom is 0.0581 e. The highest BCUT2D eigenvalue weighted by atomic mass is 16.3. The Morgan fingerprint density at radius 3 is 2.33 bits per heavy atom. The van der Waals surface area contributed by atoms with E-state index in [1.54, 1.807) is 0 Å². The van der Waals surface area contributed by atoms with E-state index in [0.29, 0.717) is 28.1 Å². The molecule has 0 aliphatic heterocycles. The summed E-state index contributed by atoms with van der Waals surface area (Å²) in [7, 11) is 0. The first-order valence-corrected chi connectivity index (χ1v) is 13.0. The predicted octanol–water partition coefficient (Wildman–Crippen LogP) is 7.80. The van der Waals surface area contributed by atoms with Crippen molar-refractivity contribution in [1.29, 1.82) is 0 Å². The van der Waals surface area contributed by atoms with Crippen LogP contribution in [0.3, 0.4) is 0 Å². The summed E-state index contributed by atoms with van der Waals surface area (Å²) in [5.41, 5.74) is 2.48. The van der Waals surface area contributed by atoms with Gasteiger partial charge in [0.05, 0.1) is 6.10 Å². The minimum Gasteiger partial charge on any atom is -0.393 e. The molecule has 9 unspecified atom stereocenters. The molecule has 170 valence electrons. The molecule has 4 fully saturated rings. The van der Waals surface area contributed by atoms with Crippen molar-refractivity contribution in [1.82, 2.24) is 0 Å². The fraction of sp³-hybridized carbons (Fsp3) is 0.862. The van der Waals surface area contributed by atoms with Crippen molar-refractivity contribution in [3.05, 3.63) is 23.8 Å². The molecule has 4 aliphatic rings. The van der Waals surface area contributed by atoms with Crippen LogP contribution in [0.15, 0.2) is 23.8 Å². The highest BCUT2D eigenvalue weighted by Crippen LogP contribution is 2.70.